The van der Waals surface area contributed by atoms with Crippen LogP contribution in [0.2, 0.25) is 0 Å². The Balaban J connectivity index is 1.04. The molecule has 0 spiro atoms. The van der Waals surface area contributed by atoms with E-state index in [9.17, 15) is 14.4 Å². The zero-order valence-corrected chi connectivity index (χ0v) is 23.7. The number of primary amides is 1. The molecule has 2 unspecified atom stereocenters. The molecule has 5 N–H and O–H groups in total. The van der Waals surface area contributed by atoms with Gasteiger partial charge in [0.2, 0.25) is 0 Å². The summed E-state index contributed by atoms with van der Waals surface area (Å²) in [5.41, 5.74) is 7.84. The number of Topliss-reactive ketones (excluding diaryl/α,β-unsaturated/α-hetero) is 1. The number of nitrogens with zero attached hydrogens (tertiary/aromatic N) is 2. The second kappa shape index (κ2) is 12.2. The number of carbonyl (C=O) groups excluding carboxylic acids is 3. The molecule has 41 heavy (non-hydrogen) atoms. The lowest BCUT2D eigenvalue weighted by atomic mass is 9.91. The maximum absolute atomic E-state index is 13.2. The first-order valence-corrected chi connectivity index (χ1v) is 15.4. The van der Waals surface area contributed by atoms with Crippen LogP contribution in [-0.2, 0) is 0 Å². The normalized spacial score (nSPS) is 24.2. The van der Waals surface area contributed by atoms with Crippen molar-refractivity contribution < 1.29 is 14.4 Å². The van der Waals surface area contributed by atoms with Gasteiger partial charge in [-0.05, 0) is 113 Å². The number of pyridine rings is 1. The summed E-state index contributed by atoms with van der Waals surface area (Å²) >= 11 is 0. The average Bonchev–Trinajstić information content (AvgIpc) is 3.78. The van der Waals surface area contributed by atoms with E-state index in [-0.39, 0.29) is 17.7 Å². The van der Waals surface area contributed by atoms with Gasteiger partial charge < -0.3 is 26.6 Å². The Kier molecular flexibility index (Phi) is 8.23. The summed E-state index contributed by atoms with van der Waals surface area (Å²) in [7, 11) is 0. The van der Waals surface area contributed by atoms with Gasteiger partial charge in [0.1, 0.15) is 5.82 Å². The molecular formula is C32H42N6O3. The minimum absolute atomic E-state index is 0.0748. The Morgan fingerprint density at radius 1 is 0.927 bits per heavy atom. The highest BCUT2D eigenvalue weighted by molar-refractivity contribution is 6.02. The van der Waals surface area contributed by atoms with E-state index in [2.05, 4.69) is 20.9 Å². The third kappa shape index (κ3) is 6.56. The van der Waals surface area contributed by atoms with E-state index in [0.29, 0.717) is 52.7 Å². The van der Waals surface area contributed by atoms with E-state index in [1.165, 1.54) is 12.8 Å². The maximum Gasteiger partial charge on any atom is 0.251 e. The number of fused-ring (bicyclic) bond motifs is 2. The fourth-order valence-corrected chi connectivity index (χ4v) is 6.91. The third-order valence-corrected chi connectivity index (χ3v) is 9.47. The first-order chi connectivity index (χ1) is 19.9. The Hall–Kier alpha value is -3.46. The van der Waals surface area contributed by atoms with E-state index in [1.54, 1.807) is 24.4 Å². The van der Waals surface area contributed by atoms with Crippen LogP contribution in [-0.4, -0.2) is 60.3 Å². The van der Waals surface area contributed by atoms with Crippen molar-refractivity contribution in [3.63, 3.8) is 0 Å². The first kappa shape index (κ1) is 27.7. The summed E-state index contributed by atoms with van der Waals surface area (Å²) in [6, 6.07) is 9.70. The van der Waals surface area contributed by atoms with Crippen molar-refractivity contribution in [3.8, 4) is 0 Å². The molecule has 3 aliphatic heterocycles. The fourth-order valence-electron chi connectivity index (χ4n) is 6.91. The van der Waals surface area contributed by atoms with Crippen molar-refractivity contribution in [1.82, 2.24) is 15.6 Å². The van der Waals surface area contributed by atoms with E-state index in [1.807, 2.05) is 12.1 Å². The van der Waals surface area contributed by atoms with Crippen LogP contribution in [0.4, 0.5) is 11.5 Å². The molecular weight excluding hydrogens is 516 g/mol. The number of amides is 2. The van der Waals surface area contributed by atoms with E-state index in [0.717, 1.165) is 70.4 Å². The van der Waals surface area contributed by atoms with Crippen molar-refractivity contribution in [3.05, 3.63) is 53.2 Å². The molecule has 2 atom stereocenters. The minimum atomic E-state index is -0.498. The Labute approximate surface area is 242 Å². The molecule has 4 fully saturated rings. The van der Waals surface area contributed by atoms with Crippen molar-refractivity contribution in [1.29, 1.82) is 0 Å². The standard InChI is InChI=1S/C32H42N6O3/c33-31(40)27-8-4-22(15-28(27)35-18-21-1-2-21)32(41)37-24-16-25-6-7-26(17-24)38(25)30-10-5-23(19-36-30)29(39)9-3-20-11-13-34-14-12-20/h4-5,8,10,15,19-21,24-26,34-35H,1-3,6-7,9,11-14,16-18H2,(H2,33,40)(H,37,41). The van der Waals surface area contributed by atoms with E-state index in [4.69, 9.17) is 10.7 Å². The molecule has 2 bridgehead atoms. The van der Waals surface area contributed by atoms with Crippen LogP contribution >= 0.6 is 0 Å². The molecule has 0 radical (unpaired) electrons. The SMILES string of the molecule is NC(=O)c1ccc(C(=O)NC2CC3CCC(C2)N3c2ccc(C(=O)CCC3CCNCC3)cn2)cc1NCC1CC1. The van der Waals surface area contributed by atoms with Crippen LogP contribution in [0, 0.1) is 11.8 Å². The summed E-state index contributed by atoms with van der Waals surface area (Å²) in [5.74, 6) is 1.75. The number of piperidine rings is 2. The van der Waals surface area contributed by atoms with E-state index < -0.39 is 5.91 Å². The quantitative estimate of drug-likeness (QED) is 0.308. The van der Waals surface area contributed by atoms with Gasteiger partial charge in [-0.15, -0.1) is 0 Å². The number of ketones is 1. The lowest BCUT2D eigenvalue weighted by Gasteiger charge is -2.40. The molecule has 1 aromatic heterocycles. The molecule has 1 aromatic carbocycles. The van der Waals surface area contributed by atoms with Crippen LogP contribution in [0.15, 0.2) is 36.5 Å². The number of hydrogen-bond donors (Lipinski definition) is 4. The molecule has 218 valence electrons. The monoisotopic (exact) mass is 558 g/mol. The molecule has 3 saturated heterocycles. The summed E-state index contributed by atoms with van der Waals surface area (Å²) in [6.45, 7) is 2.90. The van der Waals surface area contributed by atoms with Crippen molar-refractivity contribution in [2.24, 2.45) is 17.6 Å². The van der Waals surface area contributed by atoms with Gasteiger partial charge in [0, 0.05) is 54.1 Å². The van der Waals surface area contributed by atoms with Crippen LogP contribution in [0.3, 0.4) is 0 Å². The highest BCUT2D eigenvalue weighted by atomic mass is 16.2. The van der Waals surface area contributed by atoms with Gasteiger partial charge in [-0.2, -0.15) is 0 Å². The topological polar surface area (TPSA) is 129 Å². The van der Waals surface area contributed by atoms with Gasteiger partial charge in [-0.3, -0.25) is 14.4 Å². The molecule has 2 aromatic rings. The molecule has 4 heterocycles. The number of nitrogens with one attached hydrogen (secondary N) is 3. The largest absolute Gasteiger partial charge is 0.384 e. The summed E-state index contributed by atoms with van der Waals surface area (Å²) in [5, 5.41) is 9.95. The van der Waals surface area contributed by atoms with Crippen molar-refractivity contribution >= 4 is 29.1 Å². The molecule has 1 saturated carbocycles. The zero-order chi connectivity index (χ0) is 28.3. The number of anilines is 2. The van der Waals surface area contributed by atoms with Crippen LogP contribution in [0.5, 0.6) is 0 Å². The van der Waals surface area contributed by atoms with Crippen molar-refractivity contribution in [2.75, 3.05) is 29.9 Å². The second-order valence-electron chi connectivity index (χ2n) is 12.4. The van der Waals surface area contributed by atoms with Gasteiger partial charge in [-0.1, -0.05) is 0 Å². The van der Waals surface area contributed by atoms with Crippen molar-refractivity contribution in [2.45, 2.75) is 82.3 Å². The third-order valence-electron chi connectivity index (χ3n) is 9.47. The first-order valence-electron chi connectivity index (χ1n) is 15.4. The fraction of sp³-hybridized carbons (Fsp3) is 0.562. The Morgan fingerprint density at radius 2 is 1.66 bits per heavy atom. The number of benzene rings is 1. The van der Waals surface area contributed by atoms with E-state index >= 15 is 0 Å². The zero-order valence-electron chi connectivity index (χ0n) is 23.7. The lowest BCUT2D eigenvalue weighted by Crippen LogP contribution is -2.50. The van der Waals surface area contributed by atoms with Crippen LogP contribution in [0.25, 0.3) is 0 Å². The predicted octanol–water partition coefficient (Wildman–Crippen LogP) is 3.89. The van der Waals surface area contributed by atoms with Gasteiger partial charge in [0.05, 0.1) is 5.56 Å². The second-order valence-corrected chi connectivity index (χ2v) is 12.4. The average molecular weight is 559 g/mol. The number of carbonyl (C=O) groups is 3. The smallest absolute Gasteiger partial charge is 0.251 e. The molecule has 9 heteroatoms. The Morgan fingerprint density at radius 3 is 2.32 bits per heavy atom. The Bertz CT molecular complexity index is 1260. The molecule has 9 nitrogen and oxygen atoms in total. The molecule has 4 aliphatic rings. The number of aromatic nitrogens is 1. The van der Waals surface area contributed by atoms with Gasteiger partial charge in [0.25, 0.3) is 11.8 Å². The summed E-state index contributed by atoms with van der Waals surface area (Å²) < 4.78 is 0. The highest BCUT2D eigenvalue weighted by Gasteiger charge is 2.42. The highest BCUT2D eigenvalue weighted by Crippen LogP contribution is 2.39. The summed E-state index contributed by atoms with van der Waals surface area (Å²) in [4.78, 5) is 45.0. The maximum atomic E-state index is 13.2. The minimum Gasteiger partial charge on any atom is -0.384 e. The number of rotatable bonds is 11. The molecule has 1 aliphatic carbocycles. The number of hydrogen-bond acceptors (Lipinski definition) is 7. The lowest BCUT2D eigenvalue weighted by molar-refractivity contribution is 0.0924. The predicted molar refractivity (Wildman–Crippen MR) is 159 cm³/mol. The summed E-state index contributed by atoms with van der Waals surface area (Å²) in [6.07, 6.45) is 11.8. The number of nitrogens with two attached hydrogens (primary N) is 1. The molecule has 2 amide bonds. The molecule has 6 rings (SSSR count). The van der Waals surface area contributed by atoms with Crippen LogP contribution < -0.4 is 26.6 Å². The van der Waals surface area contributed by atoms with Gasteiger partial charge in [-0.25, -0.2) is 4.98 Å². The van der Waals surface area contributed by atoms with Gasteiger partial charge >= 0.3 is 0 Å². The van der Waals surface area contributed by atoms with Gasteiger partial charge in [0.15, 0.2) is 5.78 Å². The van der Waals surface area contributed by atoms with Crippen LogP contribution in [0.1, 0.15) is 95.3 Å².